The number of nitrogens with one attached hydrogen (secondary N) is 1. The zero-order valence-electron chi connectivity index (χ0n) is 14.6. The third-order valence-corrected chi connectivity index (χ3v) is 4.70. The van der Waals surface area contributed by atoms with Gasteiger partial charge < -0.3 is 19.7 Å². The van der Waals surface area contributed by atoms with Crippen molar-refractivity contribution in [1.82, 2.24) is 15.2 Å². The number of ether oxygens (including phenoxy) is 2. The first kappa shape index (κ1) is 19.2. The van der Waals surface area contributed by atoms with Crippen LogP contribution < -0.4 is 10.1 Å². The number of nitrogens with zero attached hydrogens (tertiary/aromatic N) is 2. The topological polar surface area (TPSA) is 80.8 Å². The summed E-state index contributed by atoms with van der Waals surface area (Å²) in [7, 11) is 0. The van der Waals surface area contributed by atoms with Gasteiger partial charge in [-0.05, 0) is 33.6 Å². The largest absolute Gasteiger partial charge is 0.472 e. The molecule has 2 amide bonds. The second-order valence-corrected chi connectivity index (χ2v) is 6.93. The van der Waals surface area contributed by atoms with Gasteiger partial charge >= 0.3 is 6.09 Å². The minimum absolute atomic E-state index is 0.104. The third kappa shape index (κ3) is 5.68. The summed E-state index contributed by atoms with van der Waals surface area (Å²) in [5, 5.41) is 2.49. The predicted octanol–water partition coefficient (Wildman–Crippen LogP) is 2.75. The molecular weight excluding hydrogens is 414 g/mol. The average Bonchev–Trinajstić information content (AvgIpc) is 3.16. The summed E-state index contributed by atoms with van der Waals surface area (Å²) in [4.78, 5) is 29.8. The Kier molecular flexibility index (Phi) is 6.64. The number of likely N-dealkylation sites (tertiary alicyclic amines) is 1. The van der Waals surface area contributed by atoms with E-state index in [1.807, 2.05) is 42.5 Å². The number of carbonyl (C=O) groups excluding carboxylic acids is 2. The maximum atomic E-state index is 12.3. The molecule has 1 N–H and O–H groups in total. The number of rotatable bonds is 6. The molecule has 1 aromatic carbocycles. The van der Waals surface area contributed by atoms with Crippen LogP contribution in [0.1, 0.15) is 12.0 Å². The van der Waals surface area contributed by atoms with Gasteiger partial charge in [-0.1, -0.05) is 30.3 Å². The lowest BCUT2D eigenvalue weighted by atomic mass is 10.2. The number of hydrogen-bond donors (Lipinski definition) is 1. The molecule has 7 nitrogen and oxygen atoms in total. The van der Waals surface area contributed by atoms with E-state index >= 15 is 0 Å². The number of alkyl carbamates (subject to hydrolysis) is 1. The summed E-state index contributed by atoms with van der Waals surface area (Å²) in [6, 6.07) is 13.0. The molecule has 1 saturated heterocycles. The zero-order chi connectivity index (χ0) is 19.1. The van der Waals surface area contributed by atoms with Crippen molar-refractivity contribution in [1.29, 1.82) is 0 Å². The van der Waals surface area contributed by atoms with Crippen molar-refractivity contribution < 1.29 is 19.1 Å². The highest BCUT2D eigenvalue weighted by Crippen LogP contribution is 2.24. The Hall–Kier alpha value is -2.61. The van der Waals surface area contributed by atoms with Crippen molar-refractivity contribution in [3.8, 4) is 5.88 Å². The van der Waals surface area contributed by atoms with Gasteiger partial charge in [0, 0.05) is 19.2 Å². The highest BCUT2D eigenvalue weighted by Gasteiger charge is 2.28. The Morgan fingerprint density at radius 2 is 2.04 bits per heavy atom. The Balaban J connectivity index is 1.38. The number of aromatic nitrogens is 1. The van der Waals surface area contributed by atoms with E-state index in [1.165, 1.54) is 0 Å². The van der Waals surface area contributed by atoms with Crippen LogP contribution in [0.5, 0.6) is 5.88 Å². The van der Waals surface area contributed by atoms with Crippen LogP contribution >= 0.6 is 15.9 Å². The molecule has 2 aromatic rings. The number of carbonyl (C=O) groups is 2. The Bertz CT molecular complexity index is 788. The van der Waals surface area contributed by atoms with Crippen LogP contribution in [0.15, 0.2) is 53.1 Å². The van der Waals surface area contributed by atoms with Crippen LogP contribution in [0.25, 0.3) is 0 Å². The van der Waals surface area contributed by atoms with E-state index in [2.05, 4.69) is 26.2 Å². The van der Waals surface area contributed by atoms with Crippen LogP contribution in [0.4, 0.5) is 4.79 Å². The van der Waals surface area contributed by atoms with Crippen molar-refractivity contribution in [2.45, 2.75) is 19.1 Å². The van der Waals surface area contributed by atoms with E-state index in [1.54, 1.807) is 11.1 Å². The first-order valence-corrected chi connectivity index (χ1v) is 9.40. The van der Waals surface area contributed by atoms with Gasteiger partial charge in [-0.15, -0.1) is 0 Å². The lowest BCUT2D eigenvalue weighted by molar-refractivity contribution is -0.129. The minimum Gasteiger partial charge on any atom is -0.472 e. The number of halogens is 1. The van der Waals surface area contributed by atoms with Crippen molar-refractivity contribution in [3.63, 3.8) is 0 Å². The normalized spacial score (nSPS) is 16.0. The summed E-state index contributed by atoms with van der Waals surface area (Å²) >= 11 is 3.39. The van der Waals surface area contributed by atoms with E-state index in [9.17, 15) is 9.59 Å². The van der Waals surface area contributed by atoms with Gasteiger partial charge in [-0.25, -0.2) is 9.78 Å². The van der Waals surface area contributed by atoms with Crippen molar-refractivity contribution >= 4 is 27.9 Å². The summed E-state index contributed by atoms with van der Waals surface area (Å²) in [5.41, 5.74) is 0.888. The summed E-state index contributed by atoms with van der Waals surface area (Å²) in [6.45, 7) is 1.10. The first-order valence-electron chi connectivity index (χ1n) is 8.61. The first-order chi connectivity index (χ1) is 13.1. The van der Waals surface area contributed by atoms with E-state index in [0.717, 1.165) is 10.0 Å². The summed E-state index contributed by atoms with van der Waals surface area (Å²) < 4.78 is 11.7. The Labute approximate surface area is 165 Å². The van der Waals surface area contributed by atoms with Gasteiger partial charge in [-0.3, -0.25) is 4.79 Å². The zero-order valence-corrected chi connectivity index (χ0v) is 16.2. The van der Waals surface area contributed by atoms with Crippen LogP contribution in [0.2, 0.25) is 0 Å². The number of benzene rings is 1. The molecule has 0 radical (unpaired) electrons. The highest BCUT2D eigenvalue weighted by molar-refractivity contribution is 9.10. The van der Waals surface area contributed by atoms with Crippen molar-refractivity contribution in [3.05, 3.63) is 58.7 Å². The Morgan fingerprint density at radius 3 is 2.81 bits per heavy atom. The smallest absolute Gasteiger partial charge is 0.407 e. The molecule has 1 fully saturated rings. The maximum absolute atomic E-state index is 12.3. The van der Waals surface area contributed by atoms with Crippen LogP contribution in [-0.4, -0.2) is 47.6 Å². The molecule has 1 aromatic heterocycles. The summed E-state index contributed by atoms with van der Waals surface area (Å²) in [6.07, 6.45) is 1.64. The van der Waals surface area contributed by atoms with Gasteiger partial charge in [0.05, 0.1) is 11.0 Å². The fourth-order valence-corrected chi connectivity index (χ4v) is 3.05. The highest BCUT2D eigenvalue weighted by atomic mass is 79.9. The van der Waals surface area contributed by atoms with Gasteiger partial charge in [0.15, 0.2) is 0 Å². The molecule has 2 heterocycles. The summed E-state index contributed by atoms with van der Waals surface area (Å²) in [5.74, 6) is 0.345. The molecule has 27 heavy (non-hydrogen) atoms. The van der Waals surface area contributed by atoms with Crippen molar-refractivity contribution in [2.24, 2.45) is 0 Å². The van der Waals surface area contributed by atoms with E-state index in [-0.39, 0.29) is 25.2 Å². The van der Waals surface area contributed by atoms with Crippen LogP contribution in [0, 0.1) is 0 Å². The van der Waals surface area contributed by atoms with Gasteiger partial charge in [0.2, 0.25) is 11.8 Å². The van der Waals surface area contributed by atoms with E-state index in [4.69, 9.17) is 9.47 Å². The molecule has 142 valence electrons. The quantitative estimate of drug-likeness (QED) is 0.757. The molecule has 0 spiro atoms. The number of hydrogen-bond acceptors (Lipinski definition) is 5. The molecule has 0 bridgehead atoms. The van der Waals surface area contributed by atoms with Gasteiger partial charge in [-0.2, -0.15) is 0 Å². The molecule has 0 unspecified atom stereocenters. The molecule has 0 aliphatic carbocycles. The fraction of sp³-hybridized carbons (Fsp3) is 0.316. The van der Waals surface area contributed by atoms with E-state index < -0.39 is 6.09 Å². The molecular formula is C19H20BrN3O4. The molecule has 3 rings (SSSR count). The maximum Gasteiger partial charge on any atom is 0.407 e. The lowest BCUT2D eigenvalue weighted by Gasteiger charge is -2.17. The molecule has 1 aliphatic rings. The fourth-order valence-electron chi connectivity index (χ4n) is 2.70. The van der Waals surface area contributed by atoms with Crippen LogP contribution in [0.3, 0.4) is 0 Å². The second kappa shape index (κ2) is 9.36. The predicted molar refractivity (Wildman–Crippen MR) is 102 cm³/mol. The number of amides is 2. The molecule has 1 aliphatic heterocycles. The second-order valence-electron chi connectivity index (χ2n) is 6.07. The lowest BCUT2D eigenvalue weighted by Crippen LogP contribution is -2.40. The average molecular weight is 434 g/mol. The Morgan fingerprint density at radius 1 is 1.22 bits per heavy atom. The minimum atomic E-state index is -0.614. The van der Waals surface area contributed by atoms with E-state index in [0.29, 0.717) is 25.4 Å². The van der Waals surface area contributed by atoms with Gasteiger partial charge in [0.1, 0.15) is 19.3 Å². The number of pyridine rings is 1. The molecule has 8 heteroatoms. The molecule has 1 atom stereocenters. The standard InChI is InChI=1S/C19H20BrN3O4/c20-16-7-4-9-21-18(16)27-15-8-10-23(12-15)17(24)11-22-19(25)26-13-14-5-2-1-3-6-14/h1-7,9,15H,8,10-13H2,(H,22,25)/t15-/m1/s1. The van der Waals surface area contributed by atoms with Gasteiger partial charge in [0.25, 0.3) is 0 Å². The molecule has 0 saturated carbocycles. The monoisotopic (exact) mass is 433 g/mol. The SMILES string of the molecule is O=C(NCC(=O)N1CC[C@@H](Oc2ncccc2Br)C1)OCc1ccccc1. The van der Waals surface area contributed by atoms with Crippen molar-refractivity contribution in [2.75, 3.05) is 19.6 Å². The van der Waals surface area contributed by atoms with Crippen LogP contribution in [-0.2, 0) is 16.1 Å². The third-order valence-electron chi connectivity index (χ3n) is 4.10.